The lowest BCUT2D eigenvalue weighted by molar-refractivity contribution is -0.112. The quantitative estimate of drug-likeness (QED) is 0.359. The number of benzene rings is 1. The van der Waals surface area contributed by atoms with Crippen LogP contribution in [0.2, 0.25) is 10.2 Å². The average Bonchev–Trinajstić information content (AvgIpc) is 2.63. The van der Waals surface area contributed by atoms with Gasteiger partial charge in [0, 0.05) is 11.9 Å². The molecule has 0 fully saturated rings. The van der Waals surface area contributed by atoms with Gasteiger partial charge in [-0.15, -0.1) is 0 Å². The van der Waals surface area contributed by atoms with Gasteiger partial charge in [-0.1, -0.05) is 23.2 Å². The molecule has 0 aliphatic rings. The van der Waals surface area contributed by atoms with Crippen LogP contribution in [0.25, 0.3) is 6.08 Å². The molecule has 26 heavy (non-hydrogen) atoms. The van der Waals surface area contributed by atoms with E-state index in [1.165, 1.54) is 42.6 Å². The van der Waals surface area contributed by atoms with E-state index in [-0.39, 0.29) is 22.4 Å². The summed E-state index contributed by atoms with van der Waals surface area (Å²) in [6, 6.07) is 9.46. The van der Waals surface area contributed by atoms with Crippen LogP contribution in [0.4, 0.5) is 5.69 Å². The van der Waals surface area contributed by atoms with Crippen LogP contribution in [0.15, 0.2) is 42.1 Å². The molecule has 1 amide bonds. The topological polar surface area (TPSA) is 92.1 Å². The molecule has 0 aliphatic heterocycles. The van der Waals surface area contributed by atoms with Crippen molar-refractivity contribution < 1.29 is 14.3 Å². The minimum atomic E-state index is -0.625. The van der Waals surface area contributed by atoms with Gasteiger partial charge in [0.05, 0.1) is 17.2 Å². The minimum Gasteiger partial charge on any atom is -0.462 e. The summed E-state index contributed by atoms with van der Waals surface area (Å²) < 4.78 is 4.88. The Morgan fingerprint density at radius 3 is 2.58 bits per heavy atom. The van der Waals surface area contributed by atoms with Crippen molar-refractivity contribution in [1.82, 2.24) is 4.98 Å². The third kappa shape index (κ3) is 4.82. The third-order valence-electron chi connectivity index (χ3n) is 3.20. The molecule has 8 heteroatoms. The maximum atomic E-state index is 12.3. The lowest BCUT2D eigenvalue weighted by atomic mass is 10.1. The number of rotatable bonds is 5. The number of aromatic nitrogens is 1. The van der Waals surface area contributed by atoms with Crippen molar-refractivity contribution >= 4 is 46.8 Å². The smallest absolute Gasteiger partial charge is 0.338 e. The van der Waals surface area contributed by atoms with Gasteiger partial charge in [-0.2, -0.15) is 5.26 Å². The highest BCUT2D eigenvalue weighted by Crippen LogP contribution is 2.25. The number of carbonyl (C=O) groups is 2. The molecule has 1 N–H and O–H groups in total. The normalized spacial score (nSPS) is 10.8. The molecule has 0 bridgehead atoms. The number of hydrogen-bond acceptors (Lipinski definition) is 5. The average molecular weight is 390 g/mol. The van der Waals surface area contributed by atoms with Crippen molar-refractivity contribution in [3.63, 3.8) is 0 Å². The molecule has 6 nitrogen and oxygen atoms in total. The second-order valence-electron chi connectivity index (χ2n) is 4.93. The Labute approximate surface area is 160 Å². The van der Waals surface area contributed by atoms with Gasteiger partial charge < -0.3 is 10.1 Å². The molecule has 1 heterocycles. The van der Waals surface area contributed by atoms with E-state index in [0.717, 1.165) is 0 Å². The van der Waals surface area contributed by atoms with Crippen molar-refractivity contribution in [3.8, 4) is 6.07 Å². The molecule has 1 aromatic heterocycles. The second kappa shape index (κ2) is 8.99. The van der Waals surface area contributed by atoms with Crippen LogP contribution < -0.4 is 5.32 Å². The molecular weight excluding hydrogens is 377 g/mol. The minimum absolute atomic E-state index is 0.0765. The summed E-state index contributed by atoms with van der Waals surface area (Å²) in [6.07, 6.45) is 2.74. The first-order chi connectivity index (χ1) is 12.5. The molecule has 0 radical (unpaired) electrons. The first-order valence-electron chi connectivity index (χ1n) is 7.46. The number of amides is 1. The van der Waals surface area contributed by atoms with Gasteiger partial charge in [-0.05, 0) is 48.9 Å². The number of carbonyl (C=O) groups excluding carboxylic acids is 2. The van der Waals surface area contributed by atoms with Crippen LogP contribution >= 0.6 is 23.2 Å². The van der Waals surface area contributed by atoms with E-state index in [1.54, 1.807) is 6.92 Å². The van der Waals surface area contributed by atoms with E-state index >= 15 is 0 Å². The fraction of sp³-hybridized carbons (Fsp3) is 0.111. The molecule has 2 aromatic rings. The van der Waals surface area contributed by atoms with Gasteiger partial charge in [-0.25, -0.2) is 9.78 Å². The Bertz CT molecular complexity index is 903. The van der Waals surface area contributed by atoms with E-state index in [9.17, 15) is 14.9 Å². The third-order valence-corrected chi connectivity index (χ3v) is 3.98. The molecule has 0 aliphatic carbocycles. The van der Waals surface area contributed by atoms with Crippen molar-refractivity contribution in [2.45, 2.75) is 6.92 Å². The highest BCUT2D eigenvalue weighted by Gasteiger charge is 2.13. The van der Waals surface area contributed by atoms with Crippen LogP contribution in [-0.2, 0) is 9.53 Å². The van der Waals surface area contributed by atoms with Crippen molar-refractivity contribution in [2.24, 2.45) is 0 Å². The molecule has 0 atom stereocenters. The van der Waals surface area contributed by atoms with Crippen LogP contribution in [0.3, 0.4) is 0 Å². The van der Waals surface area contributed by atoms with Crippen LogP contribution in [0.1, 0.15) is 22.8 Å². The van der Waals surface area contributed by atoms with Gasteiger partial charge in [0.2, 0.25) is 0 Å². The van der Waals surface area contributed by atoms with Gasteiger partial charge >= 0.3 is 5.97 Å². The Morgan fingerprint density at radius 1 is 1.27 bits per heavy atom. The van der Waals surface area contributed by atoms with Crippen LogP contribution in [-0.4, -0.2) is 23.5 Å². The summed E-state index contributed by atoms with van der Waals surface area (Å²) in [4.78, 5) is 27.7. The lowest BCUT2D eigenvalue weighted by Crippen LogP contribution is -2.13. The number of esters is 1. The van der Waals surface area contributed by atoms with E-state index in [1.807, 2.05) is 6.07 Å². The SMILES string of the molecule is CCOC(=O)c1ccc(NC(=O)/C(C#N)=C/c2ccnc(Cl)c2Cl)cc1. The number of nitrogens with one attached hydrogen (secondary N) is 1. The van der Waals surface area contributed by atoms with Crippen molar-refractivity contribution in [2.75, 3.05) is 11.9 Å². The number of nitrogens with zero attached hydrogens (tertiary/aromatic N) is 2. The van der Waals surface area contributed by atoms with Gasteiger partial charge in [0.25, 0.3) is 5.91 Å². The Balaban J connectivity index is 2.17. The zero-order valence-electron chi connectivity index (χ0n) is 13.6. The summed E-state index contributed by atoms with van der Waals surface area (Å²) in [5, 5.41) is 12.0. The fourth-order valence-corrected chi connectivity index (χ4v) is 2.28. The first-order valence-corrected chi connectivity index (χ1v) is 8.22. The van der Waals surface area contributed by atoms with Crippen LogP contribution in [0, 0.1) is 11.3 Å². The Kier molecular flexibility index (Phi) is 6.73. The molecule has 2 rings (SSSR count). The summed E-state index contributed by atoms with van der Waals surface area (Å²) >= 11 is 11.8. The zero-order valence-corrected chi connectivity index (χ0v) is 15.1. The molecule has 0 saturated carbocycles. The number of pyridine rings is 1. The highest BCUT2D eigenvalue weighted by atomic mass is 35.5. The van der Waals surface area contributed by atoms with Crippen LogP contribution in [0.5, 0.6) is 0 Å². The van der Waals surface area contributed by atoms with E-state index in [0.29, 0.717) is 16.8 Å². The standard InChI is InChI=1S/C18H13Cl2N3O3/c1-2-26-18(25)11-3-5-14(6-4-11)23-17(24)13(10-21)9-12-7-8-22-16(20)15(12)19/h3-9H,2H2,1H3,(H,23,24)/b13-9+. The number of nitriles is 1. The molecule has 0 unspecified atom stereocenters. The zero-order chi connectivity index (χ0) is 19.1. The first kappa shape index (κ1) is 19.4. The molecule has 1 aromatic carbocycles. The summed E-state index contributed by atoms with van der Waals surface area (Å²) in [6.45, 7) is 1.99. The molecule has 0 spiro atoms. The van der Waals surface area contributed by atoms with Crippen molar-refractivity contribution in [3.05, 3.63) is 63.4 Å². The van der Waals surface area contributed by atoms with E-state index in [2.05, 4.69) is 10.3 Å². The fourth-order valence-electron chi connectivity index (χ4n) is 1.95. The summed E-state index contributed by atoms with van der Waals surface area (Å²) in [7, 11) is 0. The predicted octanol–water partition coefficient (Wildman–Crippen LogP) is 4.11. The van der Waals surface area contributed by atoms with Crippen molar-refractivity contribution in [1.29, 1.82) is 5.26 Å². The van der Waals surface area contributed by atoms with Gasteiger partial charge in [-0.3, -0.25) is 4.79 Å². The largest absolute Gasteiger partial charge is 0.462 e. The van der Waals surface area contributed by atoms with Gasteiger partial charge in [0.1, 0.15) is 16.8 Å². The molecule has 132 valence electrons. The second-order valence-corrected chi connectivity index (χ2v) is 5.66. The number of ether oxygens (including phenoxy) is 1. The summed E-state index contributed by atoms with van der Waals surface area (Å²) in [5.41, 5.74) is 1.02. The molecular formula is C18H13Cl2N3O3. The monoisotopic (exact) mass is 389 g/mol. The Hall–Kier alpha value is -2.88. The number of halogens is 2. The van der Waals surface area contributed by atoms with Gasteiger partial charge in [0.15, 0.2) is 0 Å². The number of hydrogen-bond donors (Lipinski definition) is 1. The van der Waals surface area contributed by atoms with E-state index < -0.39 is 11.9 Å². The molecule has 0 saturated heterocycles. The maximum Gasteiger partial charge on any atom is 0.338 e. The number of anilines is 1. The lowest BCUT2D eigenvalue weighted by Gasteiger charge is -2.06. The highest BCUT2D eigenvalue weighted by molar-refractivity contribution is 6.42. The van der Waals surface area contributed by atoms with E-state index in [4.69, 9.17) is 27.9 Å². The Morgan fingerprint density at radius 2 is 1.96 bits per heavy atom. The predicted molar refractivity (Wildman–Crippen MR) is 98.9 cm³/mol. The summed E-state index contributed by atoms with van der Waals surface area (Å²) in [5.74, 6) is -1.08. The maximum absolute atomic E-state index is 12.3.